The molecular weight excluding hydrogens is 430 g/mol. The van der Waals surface area contributed by atoms with Gasteiger partial charge >= 0.3 is 5.97 Å². The molecule has 2 unspecified atom stereocenters. The van der Waals surface area contributed by atoms with Crippen LogP contribution in [0, 0.1) is 5.92 Å². The number of aromatic nitrogens is 1. The Kier molecular flexibility index (Phi) is 9.64. The summed E-state index contributed by atoms with van der Waals surface area (Å²) in [5, 5.41) is 26.7. The third-order valence-electron chi connectivity index (χ3n) is 4.88. The number of carbonyl (C=O) groups excluding carboxylic acids is 2. The van der Waals surface area contributed by atoms with Crippen molar-refractivity contribution in [2.45, 2.75) is 65.0 Å². The molecule has 0 aliphatic heterocycles. The SMILES string of the molecule is CC(=O)NC(Cc1ccc(O)cc1)C(=O)NC(CCC(=O)O)c1nc(CCC(C)C)cs1. The Labute approximate surface area is 192 Å². The summed E-state index contributed by atoms with van der Waals surface area (Å²) in [7, 11) is 0. The van der Waals surface area contributed by atoms with Crippen LogP contribution >= 0.6 is 11.3 Å². The van der Waals surface area contributed by atoms with Crippen LogP contribution in [0.2, 0.25) is 0 Å². The molecule has 0 saturated carbocycles. The van der Waals surface area contributed by atoms with Gasteiger partial charge in [-0.15, -0.1) is 11.3 Å². The molecule has 1 aromatic carbocycles. The van der Waals surface area contributed by atoms with Crippen LogP contribution in [0.1, 0.15) is 62.3 Å². The van der Waals surface area contributed by atoms with Gasteiger partial charge in [-0.1, -0.05) is 26.0 Å². The molecule has 2 amide bonds. The topological polar surface area (TPSA) is 129 Å². The van der Waals surface area contributed by atoms with Crippen molar-refractivity contribution in [2.24, 2.45) is 5.92 Å². The smallest absolute Gasteiger partial charge is 0.303 e. The molecular formula is C23H31N3O5S. The first kappa shape index (κ1) is 25.3. The van der Waals surface area contributed by atoms with Gasteiger partial charge in [-0.25, -0.2) is 4.98 Å². The monoisotopic (exact) mass is 461 g/mol. The second-order valence-corrected chi connectivity index (χ2v) is 9.12. The van der Waals surface area contributed by atoms with Crippen LogP contribution in [0.3, 0.4) is 0 Å². The molecule has 1 aromatic heterocycles. The van der Waals surface area contributed by atoms with Crippen molar-refractivity contribution in [3.05, 3.63) is 45.9 Å². The molecule has 0 fully saturated rings. The molecule has 2 rings (SSSR count). The number of aliphatic carboxylic acids is 1. The molecule has 0 aliphatic rings. The molecule has 174 valence electrons. The van der Waals surface area contributed by atoms with Crippen LogP contribution in [0.5, 0.6) is 5.75 Å². The Bertz CT molecular complexity index is 911. The highest BCUT2D eigenvalue weighted by molar-refractivity contribution is 7.09. The van der Waals surface area contributed by atoms with E-state index in [2.05, 4.69) is 29.5 Å². The summed E-state index contributed by atoms with van der Waals surface area (Å²) in [6, 6.07) is 4.99. The zero-order valence-corrected chi connectivity index (χ0v) is 19.4. The summed E-state index contributed by atoms with van der Waals surface area (Å²) < 4.78 is 0. The summed E-state index contributed by atoms with van der Waals surface area (Å²) in [5.41, 5.74) is 1.69. The van der Waals surface area contributed by atoms with Crippen molar-refractivity contribution in [1.82, 2.24) is 15.6 Å². The number of aromatic hydroxyl groups is 1. The highest BCUT2D eigenvalue weighted by Gasteiger charge is 2.25. The van der Waals surface area contributed by atoms with Crippen LogP contribution < -0.4 is 10.6 Å². The Morgan fingerprint density at radius 3 is 2.38 bits per heavy atom. The number of amides is 2. The zero-order valence-electron chi connectivity index (χ0n) is 18.6. The van der Waals surface area contributed by atoms with Gasteiger partial charge in [-0.2, -0.15) is 0 Å². The fraction of sp³-hybridized carbons (Fsp3) is 0.478. The number of benzene rings is 1. The van der Waals surface area contributed by atoms with Crippen LogP contribution in [0.4, 0.5) is 0 Å². The van der Waals surface area contributed by atoms with E-state index in [1.165, 1.54) is 30.4 Å². The minimum Gasteiger partial charge on any atom is -0.508 e. The van der Waals surface area contributed by atoms with Crippen molar-refractivity contribution in [2.75, 3.05) is 0 Å². The minimum atomic E-state index is -0.955. The predicted octanol–water partition coefficient (Wildman–Crippen LogP) is 3.21. The van der Waals surface area contributed by atoms with E-state index < -0.39 is 24.0 Å². The Morgan fingerprint density at radius 1 is 1.09 bits per heavy atom. The number of thiazole rings is 1. The number of nitrogens with zero attached hydrogens (tertiary/aromatic N) is 1. The van der Waals surface area contributed by atoms with Crippen LogP contribution in [-0.4, -0.2) is 39.0 Å². The van der Waals surface area contributed by atoms with Gasteiger partial charge in [0, 0.05) is 25.1 Å². The molecule has 0 aliphatic carbocycles. The molecule has 9 heteroatoms. The lowest BCUT2D eigenvalue weighted by Crippen LogP contribution is -2.48. The maximum atomic E-state index is 13.1. The standard InChI is InChI=1S/C23H31N3O5S/c1-14(2)4-7-17-13-32-23(25-17)19(10-11-21(29)30)26-22(31)20(24-15(3)27)12-16-5-8-18(28)9-6-16/h5-6,8-9,13-14,19-20,28H,4,7,10-12H2,1-3H3,(H,24,27)(H,26,31)(H,29,30). The molecule has 2 atom stereocenters. The van der Waals surface area contributed by atoms with Gasteiger partial charge in [0.05, 0.1) is 11.7 Å². The number of nitrogens with one attached hydrogen (secondary N) is 2. The maximum Gasteiger partial charge on any atom is 0.303 e. The van der Waals surface area contributed by atoms with E-state index in [4.69, 9.17) is 5.11 Å². The number of hydrogen-bond acceptors (Lipinski definition) is 6. The van der Waals surface area contributed by atoms with Crippen LogP contribution in [-0.2, 0) is 27.2 Å². The average Bonchev–Trinajstić information content (AvgIpc) is 3.19. The number of hydrogen-bond donors (Lipinski definition) is 4. The normalized spacial score (nSPS) is 12.9. The summed E-state index contributed by atoms with van der Waals surface area (Å²) >= 11 is 1.40. The number of phenols is 1. The lowest BCUT2D eigenvalue weighted by Gasteiger charge is -2.22. The number of aryl methyl sites for hydroxylation is 1. The summed E-state index contributed by atoms with van der Waals surface area (Å²) in [6.07, 6.45) is 2.13. The van der Waals surface area contributed by atoms with Gasteiger partial charge in [0.15, 0.2) is 0 Å². The zero-order chi connectivity index (χ0) is 23.7. The van der Waals surface area contributed by atoms with Gasteiger partial charge in [0.1, 0.15) is 16.8 Å². The van der Waals surface area contributed by atoms with Gasteiger partial charge < -0.3 is 20.8 Å². The molecule has 0 radical (unpaired) electrons. The third-order valence-corrected chi connectivity index (χ3v) is 5.89. The first-order chi connectivity index (χ1) is 15.1. The molecule has 4 N–H and O–H groups in total. The second-order valence-electron chi connectivity index (χ2n) is 8.23. The molecule has 2 aromatic rings. The van der Waals surface area contributed by atoms with E-state index in [1.54, 1.807) is 12.1 Å². The van der Waals surface area contributed by atoms with Crippen molar-refractivity contribution < 1.29 is 24.6 Å². The van der Waals surface area contributed by atoms with E-state index in [1.807, 2.05) is 5.38 Å². The summed E-state index contributed by atoms with van der Waals surface area (Å²) in [6.45, 7) is 5.61. The fourth-order valence-electron chi connectivity index (χ4n) is 3.15. The lowest BCUT2D eigenvalue weighted by atomic mass is 10.0. The van der Waals surface area contributed by atoms with E-state index >= 15 is 0 Å². The lowest BCUT2D eigenvalue weighted by molar-refractivity contribution is -0.137. The molecule has 0 spiro atoms. The number of rotatable bonds is 12. The average molecular weight is 462 g/mol. The quantitative estimate of drug-likeness (QED) is 0.384. The third kappa shape index (κ3) is 8.66. The van der Waals surface area contributed by atoms with Crippen molar-refractivity contribution >= 4 is 29.1 Å². The fourth-order valence-corrected chi connectivity index (χ4v) is 4.09. The Balaban J connectivity index is 2.16. The van der Waals surface area contributed by atoms with Crippen molar-refractivity contribution in [1.29, 1.82) is 0 Å². The van der Waals surface area contributed by atoms with Gasteiger partial charge in [-0.05, 0) is 42.9 Å². The molecule has 0 bridgehead atoms. The first-order valence-electron chi connectivity index (χ1n) is 10.7. The summed E-state index contributed by atoms with van der Waals surface area (Å²) in [5.74, 6) is -1.07. The Morgan fingerprint density at radius 2 is 1.78 bits per heavy atom. The van der Waals surface area contributed by atoms with E-state index in [0.29, 0.717) is 10.9 Å². The number of phenolic OH excluding ortho intramolecular Hbond substituents is 1. The first-order valence-corrected chi connectivity index (χ1v) is 11.5. The minimum absolute atomic E-state index is 0.111. The molecule has 32 heavy (non-hydrogen) atoms. The van der Waals surface area contributed by atoms with E-state index in [9.17, 15) is 19.5 Å². The largest absolute Gasteiger partial charge is 0.508 e. The molecule has 1 heterocycles. The maximum absolute atomic E-state index is 13.1. The predicted molar refractivity (Wildman–Crippen MR) is 122 cm³/mol. The number of carbonyl (C=O) groups is 3. The summed E-state index contributed by atoms with van der Waals surface area (Å²) in [4.78, 5) is 40.5. The van der Waals surface area contributed by atoms with Gasteiger partial charge in [0.25, 0.3) is 0 Å². The molecule has 8 nitrogen and oxygen atoms in total. The van der Waals surface area contributed by atoms with E-state index in [-0.39, 0.29) is 30.9 Å². The van der Waals surface area contributed by atoms with Gasteiger partial charge in [-0.3, -0.25) is 14.4 Å². The Hall–Kier alpha value is -2.94. The van der Waals surface area contributed by atoms with Crippen LogP contribution in [0.25, 0.3) is 0 Å². The highest BCUT2D eigenvalue weighted by atomic mass is 32.1. The van der Waals surface area contributed by atoms with Crippen molar-refractivity contribution in [3.63, 3.8) is 0 Å². The van der Waals surface area contributed by atoms with Gasteiger partial charge in [0.2, 0.25) is 11.8 Å². The van der Waals surface area contributed by atoms with Crippen molar-refractivity contribution in [3.8, 4) is 5.75 Å². The molecule has 0 saturated heterocycles. The number of carboxylic acid groups (broad SMARTS) is 1. The van der Waals surface area contributed by atoms with Crippen LogP contribution in [0.15, 0.2) is 29.6 Å². The number of carboxylic acids is 1. The van der Waals surface area contributed by atoms with E-state index in [0.717, 1.165) is 24.1 Å². The highest BCUT2D eigenvalue weighted by Crippen LogP contribution is 2.24. The second kappa shape index (κ2) is 12.2.